The number of aromatic nitrogens is 4. The lowest BCUT2D eigenvalue weighted by Gasteiger charge is -2.11. The summed E-state index contributed by atoms with van der Waals surface area (Å²) in [6.45, 7) is 6.10. The van der Waals surface area contributed by atoms with Crippen LogP contribution in [0.15, 0.2) is 48.9 Å². The van der Waals surface area contributed by atoms with Crippen molar-refractivity contribution < 1.29 is 9.13 Å². The van der Waals surface area contributed by atoms with E-state index in [9.17, 15) is 4.39 Å². The van der Waals surface area contributed by atoms with Crippen molar-refractivity contribution in [3.63, 3.8) is 0 Å². The van der Waals surface area contributed by atoms with Crippen LogP contribution in [0, 0.1) is 26.6 Å². The molecule has 4 aromatic rings. The van der Waals surface area contributed by atoms with Gasteiger partial charge >= 0.3 is 0 Å². The van der Waals surface area contributed by atoms with E-state index in [1.54, 1.807) is 23.0 Å². The molecule has 0 atom stereocenters. The first-order valence-corrected chi connectivity index (χ1v) is 8.23. The predicted octanol–water partition coefficient (Wildman–Crippen LogP) is 4.67. The second kappa shape index (κ2) is 6.22. The normalized spacial score (nSPS) is 11.1. The number of fused-ring (bicyclic) bond motifs is 1. The minimum Gasteiger partial charge on any atom is -0.438 e. The molecule has 4 rings (SSSR count). The van der Waals surface area contributed by atoms with Crippen LogP contribution >= 0.6 is 0 Å². The van der Waals surface area contributed by atoms with Crippen molar-refractivity contribution in [2.75, 3.05) is 0 Å². The summed E-state index contributed by atoms with van der Waals surface area (Å²) in [4.78, 5) is 8.59. The van der Waals surface area contributed by atoms with E-state index in [1.807, 2.05) is 19.9 Å². The van der Waals surface area contributed by atoms with Crippen LogP contribution in [0.4, 0.5) is 4.39 Å². The van der Waals surface area contributed by atoms with E-state index in [4.69, 9.17) is 4.74 Å². The van der Waals surface area contributed by atoms with Crippen LogP contribution in [-0.4, -0.2) is 19.7 Å². The molecule has 2 aromatic heterocycles. The molecule has 6 heteroatoms. The quantitative estimate of drug-likeness (QED) is 0.540. The number of benzene rings is 2. The number of hydrogen-bond donors (Lipinski definition) is 0. The Morgan fingerprint density at radius 1 is 1.00 bits per heavy atom. The molecule has 5 nitrogen and oxygen atoms in total. The minimum atomic E-state index is -0.297. The van der Waals surface area contributed by atoms with Gasteiger partial charge in [0.2, 0.25) is 5.88 Å². The summed E-state index contributed by atoms with van der Waals surface area (Å²) in [5.74, 6) is 0.905. The van der Waals surface area contributed by atoms with Crippen LogP contribution < -0.4 is 4.74 Å². The van der Waals surface area contributed by atoms with Crippen LogP contribution in [0.25, 0.3) is 16.7 Å². The SMILES string of the molecule is Cc1cc(C)c(C)c(Oc2ncnc3c2cnn3-c2ccc(F)cc2)c1. The Morgan fingerprint density at radius 2 is 1.77 bits per heavy atom. The largest absolute Gasteiger partial charge is 0.438 e. The second-order valence-electron chi connectivity index (χ2n) is 6.26. The first-order valence-electron chi connectivity index (χ1n) is 8.23. The Balaban J connectivity index is 1.79. The maximum Gasteiger partial charge on any atom is 0.233 e. The maximum absolute atomic E-state index is 13.2. The molecule has 0 aliphatic carbocycles. The zero-order valence-corrected chi connectivity index (χ0v) is 14.7. The molecule has 0 aliphatic rings. The first-order chi connectivity index (χ1) is 12.5. The second-order valence-corrected chi connectivity index (χ2v) is 6.26. The van der Waals surface area contributed by atoms with Crippen LogP contribution in [0.5, 0.6) is 11.6 Å². The molecule has 0 aliphatic heterocycles. The lowest BCUT2D eigenvalue weighted by Crippen LogP contribution is -1.99. The van der Waals surface area contributed by atoms with Gasteiger partial charge in [0, 0.05) is 0 Å². The Labute approximate surface area is 150 Å². The fraction of sp³-hybridized carbons (Fsp3) is 0.150. The third-order valence-electron chi connectivity index (χ3n) is 4.37. The van der Waals surface area contributed by atoms with Crippen molar-refractivity contribution in [3.05, 3.63) is 71.4 Å². The molecule has 0 saturated carbocycles. The highest BCUT2D eigenvalue weighted by Gasteiger charge is 2.14. The molecule has 0 bridgehead atoms. The Bertz CT molecular complexity index is 1100. The Hall–Kier alpha value is -3.28. The third-order valence-corrected chi connectivity index (χ3v) is 4.37. The third kappa shape index (κ3) is 2.79. The van der Waals surface area contributed by atoms with Crippen molar-refractivity contribution >= 4 is 11.0 Å². The molecule has 0 fully saturated rings. The van der Waals surface area contributed by atoms with Crippen LogP contribution in [0.2, 0.25) is 0 Å². The number of aryl methyl sites for hydroxylation is 2. The molecular formula is C20H17FN4O. The van der Waals surface area contributed by atoms with Crippen LogP contribution in [0.3, 0.4) is 0 Å². The molecule has 2 aromatic carbocycles. The highest BCUT2D eigenvalue weighted by atomic mass is 19.1. The molecule has 0 amide bonds. The summed E-state index contributed by atoms with van der Waals surface area (Å²) in [6, 6.07) is 10.2. The van der Waals surface area contributed by atoms with E-state index in [1.165, 1.54) is 18.5 Å². The first kappa shape index (κ1) is 16.2. The highest BCUT2D eigenvalue weighted by molar-refractivity contribution is 5.81. The van der Waals surface area contributed by atoms with Gasteiger partial charge in [-0.05, 0) is 67.8 Å². The fourth-order valence-corrected chi connectivity index (χ4v) is 2.89. The van der Waals surface area contributed by atoms with Gasteiger partial charge in [0.25, 0.3) is 0 Å². The van der Waals surface area contributed by atoms with E-state index >= 15 is 0 Å². The molecule has 2 heterocycles. The van der Waals surface area contributed by atoms with Gasteiger partial charge in [0.1, 0.15) is 23.3 Å². The summed E-state index contributed by atoms with van der Waals surface area (Å²) in [5.41, 5.74) is 4.66. The summed E-state index contributed by atoms with van der Waals surface area (Å²) in [5, 5.41) is 5.06. The van der Waals surface area contributed by atoms with E-state index in [2.05, 4.69) is 28.1 Å². The fourth-order valence-electron chi connectivity index (χ4n) is 2.89. The van der Waals surface area contributed by atoms with Gasteiger partial charge in [-0.1, -0.05) is 6.07 Å². The zero-order valence-electron chi connectivity index (χ0n) is 14.7. The number of nitrogens with zero attached hydrogens (tertiary/aromatic N) is 4. The maximum atomic E-state index is 13.2. The van der Waals surface area contributed by atoms with Crippen molar-refractivity contribution in [3.8, 4) is 17.3 Å². The number of hydrogen-bond acceptors (Lipinski definition) is 4. The van der Waals surface area contributed by atoms with Gasteiger partial charge in [-0.3, -0.25) is 0 Å². The van der Waals surface area contributed by atoms with E-state index < -0.39 is 0 Å². The number of halogens is 1. The van der Waals surface area contributed by atoms with E-state index in [0.29, 0.717) is 22.6 Å². The van der Waals surface area contributed by atoms with Gasteiger partial charge < -0.3 is 4.74 Å². The molecular weight excluding hydrogens is 331 g/mol. The monoisotopic (exact) mass is 348 g/mol. The van der Waals surface area contributed by atoms with E-state index in [-0.39, 0.29) is 5.82 Å². The van der Waals surface area contributed by atoms with Gasteiger partial charge in [-0.15, -0.1) is 0 Å². The predicted molar refractivity (Wildman–Crippen MR) is 97.3 cm³/mol. The molecule has 130 valence electrons. The van der Waals surface area contributed by atoms with Crippen molar-refractivity contribution in [2.24, 2.45) is 0 Å². The van der Waals surface area contributed by atoms with Gasteiger partial charge in [0.15, 0.2) is 5.65 Å². The lowest BCUT2D eigenvalue weighted by molar-refractivity contribution is 0.464. The van der Waals surface area contributed by atoms with Crippen molar-refractivity contribution in [1.29, 1.82) is 0 Å². The van der Waals surface area contributed by atoms with Gasteiger partial charge in [-0.2, -0.15) is 5.10 Å². The Morgan fingerprint density at radius 3 is 2.54 bits per heavy atom. The standard InChI is InChI=1S/C20H17FN4O/c1-12-8-13(2)14(3)18(9-12)26-20-17-10-24-25(19(17)22-11-23-20)16-6-4-15(21)5-7-16/h4-11H,1-3H3. The average Bonchev–Trinajstić information content (AvgIpc) is 3.05. The van der Waals surface area contributed by atoms with Crippen molar-refractivity contribution in [1.82, 2.24) is 19.7 Å². The molecule has 0 N–H and O–H groups in total. The summed E-state index contributed by atoms with van der Waals surface area (Å²) in [7, 11) is 0. The summed E-state index contributed by atoms with van der Waals surface area (Å²) in [6.07, 6.45) is 3.10. The lowest BCUT2D eigenvalue weighted by atomic mass is 10.1. The smallest absolute Gasteiger partial charge is 0.233 e. The van der Waals surface area contributed by atoms with Gasteiger partial charge in [0.05, 0.1) is 11.9 Å². The average molecular weight is 348 g/mol. The Kier molecular flexibility index (Phi) is 3.88. The molecule has 0 saturated heterocycles. The molecule has 0 unspecified atom stereocenters. The highest BCUT2D eigenvalue weighted by Crippen LogP contribution is 2.31. The number of ether oxygens (including phenoxy) is 1. The van der Waals surface area contributed by atoms with Crippen LogP contribution in [-0.2, 0) is 0 Å². The summed E-state index contributed by atoms with van der Waals surface area (Å²) < 4.78 is 20.9. The molecule has 0 radical (unpaired) electrons. The number of rotatable bonds is 3. The zero-order chi connectivity index (χ0) is 18.3. The topological polar surface area (TPSA) is 52.8 Å². The molecule has 0 spiro atoms. The minimum absolute atomic E-state index is 0.297. The van der Waals surface area contributed by atoms with Crippen molar-refractivity contribution in [2.45, 2.75) is 20.8 Å². The molecule has 26 heavy (non-hydrogen) atoms. The van der Waals surface area contributed by atoms with E-state index in [0.717, 1.165) is 22.4 Å². The van der Waals surface area contributed by atoms with Crippen LogP contribution in [0.1, 0.15) is 16.7 Å². The van der Waals surface area contributed by atoms with Gasteiger partial charge in [-0.25, -0.2) is 19.0 Å². The summed E-state index contributed by atoms with van der Waals surface area (Å²) >= 11 is 0.